The van der Waals surface area contributed by atoms with E-state index >= 15 is 0 Å². The Bertz CT molecular complexity index is 778. The van der Waals surface area contributed by atoms with Gasteiger partial charge < -0.3 is 4.42 Å². The monoisotopic (exact) mass is 396 g/mol. The van der Waals surface area contributed by atoms with E-state index in [0.29, 0.717) is 22.7 Å². The van der Waals surface area contributed by atoms with Crippen LogP contribution in [0.2, 0.25) is 5.15 Å². The van der Waals surface area contributed by atoms with Gasteiger partial charge >= 0.3 is 0 Å². The van der Waals surface area contributed by atoms with E-state index in [4.69, 9.17) is 16.0 Å². The summed E-state index contributed by atoms with van der Waals surface area (Å²) >= 11 is 8.46. The quantitative estimate of drug-likeness (QED) is 0.451. The lowest BCUT2D eigenvalue weighted by Crippen LogP contribution is -1.98. The summed E-state index contributed by atoms with van der Waals surface area (Å²) in [4.78, 5) is 9.03. The highest BCUT2D eigenvalue weighted by Gasteiger charge is 2.29. The minimum absolute atomic E-state index is 0.512. The highest BCUT2D eigenvalue weighted by molar-refractivity contribution is 14.1. The van der Waals surface area contributed by atoms with Crippen molar-refractivity contribution in [3.63, 3.8) is 0 Å². The van der Waals surface area contributed by atoms with Crippen molar-refractivity contribution in [2.24, 2.45) is 0 Å². The number of halogens is 2. The Balaban J connectivity index is 1.88. The topological polar surface area (TPSA) is 38.9 Å². The molecule has 0 radical (unpaired) electrons. The molecule has 0 atom stereocenters. The third-order valence-electron chi connectivity index (χ3n) is 3.45. The number of furan rings is 1. The Morgan fingerprint density at radius 2 is 2.00 bits per heavy atom. The molecule has 20 heavy (non-hydrogen) atoms. The van der Waals surface area contributed by atoms with Gasteiger partial charge in [0, 0.05) is 11.3 Å². The molecule has 1 aromatic carbocycles. The summed E-state index contributed by atoms with van der Waals surface area (Å²) in [6.07, 6.45) is 2.37. The van der Waals surface area contributed by atoms with Crippen LogP contribution in [-0.2, 0) is 0 Å². The molecule has 2 heterocycles. The predicted molar refractivity (Wildman–Crippen MR) is 86.9 cm³/mol. The van der Waals surface area contributed by atoms with Crippen LogP contribution in [0.4, 0.5) is 0 Å². The highest BCUT2D eigenvalue weighted by Crippen LogP contribution is 2.43. The first-order valence-corrected chi connectivity index (χ1v) is 7.90. The maximum absolute atomic E-state index is 6.24. The second kappa shape index (κ2) is 4.70. The second-order valence-corrected chi connectivity index (χ2v) is 6.40. The SMILES string of the molecule is Clc1nc(-c2cc3ccccc3o2)nc(C2CC2)c1I. The van der Waals surface area contributed by atoms with Gasteiger partial charge in [-0.15, -0.1) is 0 Å². The molecular formula is C15H10ClIN2O. The predicted octanol–water partition coefficient (Wildman–Crippen LogP) is 5.03. The fraction of sp³-hybridized carbons (Fsp3) is 0.200. The molecule has 1 saturated carbocycles. The fourth-order valence-electron chi connectivity index (χ4n) is 2.27. The summed E-state index contributed by atoms with van der Waals surface area (Å²) in [5.74, 6) is 1.78. The Morgan fingerprint density at radius 1 is 1.20 bits per heavy atom. The van der Waals surface area contributed by atoms with E-state index in [-0.39, 0.29) is 0 Å². The van der Waals surface area contributed by atoms with Gasteiger partial charge in [-0.05, 0) is 47.6 Å². The zero-order valence-corrected chi connectivity index (χ0v) is 13.4. The molecule has 1 aliphatic carbocycles. The van der Waals surface area contributed by atoms with E-state index in [0.717, 1.165) is 20.2 Å². The van der Waals surface area contributed by atoms with Crippen LogP contribution in [0.1, 0.15) is 24.5 Å². The molecule has 0 saturated heterocycles. The Kier molecular flexibility index (Phi) is 2.96. The van der Waals surface area contributed by atoms with Crippen molar-refractivity contribution in [3.05, 3.63) is 44.7 Å². The van der Waals surface area contributed by atoms with Crippen LogP contribution in [0, 0.1) is 3.57 Å². The summed E-state index contributed by atoms with van der Waals surface area (Å²) in [6, 6.07) is 9.85. The first-order valence-electron chi connectivity index (χ1n) is 6.44. The van der Waals surface area contributed by atoms with Crippen LogP contribution in [0.15, 0.2) is 34.7 Å². The average molecular weight is 397 g/mol. The van der Waals surface area contributed by atoms with Crippen LogP contribution in [0.5, 0.6) is 0 Å². The van der Waals surface area contributed by atoms with Gasteiger partial charge in [-0.2, -0.15) is 0 Å². The van der Waals surface area contributed by atoms with Gasteiger partial charge in [0.05, 0.1) is 9.26 Å². The summed E-state index contributed by atoms with van der Waals surface area (Å²) in [7, 11) is 0. The maximum atomic E-state index is 6.24. The first kappa shape index (κ1) is 12.6. The summed E-state index contributed by atoms with van der Waals surface area (Å²) in [5, 5.41) is 1.56. The van der Waals surface area contributed by atoms with Crippen LogP contribution in [-0.4, -0.2) is 9.97 Å². The molecule has 1 fully saturated rings. The number of fused-ring (bicyclic) bond motifs is 1. The Morgan fingerprint density at radius 3 is 2.75 bits per heavy atom. The van der Waals surface area contributed by atoms with E-state index in [1.165, 1.54) is 12.8 Å². The molecule has 0 bridgehead atoms. The molecule has 1 aliphatic rings. The molecular weight excluding hydrogens is 387 g/mol. The molecule has 0 N–H and O–H groups in total. The van der Waals surface area contributed by atoms with Gasteiger partial charge in [-0.3, -0.25) is 0 Å². The van der Waals surface area contributed by atoms with Gasteiger partial charge in [-0.25, -0.2) is 9.97 Å². The standard InChI is InChI=1S/C15H10ClIN2O/c16-14-12(17)13(8-5-6-8)18-15(19-14)11-7-9-3-1-2-4-10(9)20-11/h1-4,7-8H,5-6H2. The molecule has 2 aromatic heterocycles. The minimum atomic E-state index is 0.512. The van der Waals surface area contributed by atoms with Gasteiger partial charge in [0.2, 0.25) is 0 Å². The number of hydrogen-bond donors (Lipinski definition) is 0. The average Bonchev–Trinajstić information content (AvgIpc) is 3.19. The summed E-state index contributed by atoms with van der Waals surface area (Å²) in [5.41, 5.74) is 1.90. The number of aromatic nitrogens is 2. The Hall–Kier alpha value is -1.14. The van der Waals surface area contributed by atoms with Crippen molar-refractivity contribution in [1.29, 1.82) is 0 Å². The van der Waals surface area contributed by atoms with Crippen molar-refractivity contribution >= 4 is 45.2 Å². The summed E-state index contributed by atoms with van der Waals surface area (Å²) in [6.45, 7) is 0. The smallest absolute Gasteiger partial charge is 0.197 e. The summed E-state index contributed by atoms with van der Waals surface area (Å²) < 4.78 is 6.78. The lowest BCUT2D eigenvalue weighted by Gasteiger charge is -2.05. The lowest BCUT2D eigenvalue weighted by molar-refractivity contribution is 0.624. The number of hydrogen-bond acceptors (Lipinski definition) is 3. The van der Waals surface area contributed by atoms with Crippen LogP contribution in [0.25, 0.3) is 22.6 Å². The van der Waals surface area contributed by atoms with Crippen molar-refractivity contribution in [3.8, 4) is 11.6 Å². The van der Waals surface area contributed by atoms with Crippen LogP contribution >= 0.6 is 34.2 Å². The van der Waals surface area contributed by atoms with Crippen molar-refractivity contribution in [2.75, 3.05) is 0 Å². The van der Waals surface area contributed by atoms with E-state index in [1.54, 1.807) is 0 Å². The van der Waals surface area contributed by atoms with Gasteiger partial charge in [-0.1, -0.05) is 29.8 Å². The first-order chi connectivity index (χ1) is 9.72. The van der Waals surface area contributed by atoms with Gasteiger partial charge in [0.25, 0.3) is 0 Å². The molecule has 100 valence electrons. The van der Waals surface area contributed by atoms with E-state index in [1.807, 2.05) is 30.3 Å². The van der Waals surface area contributed by atoms with E-state index in [2.05, 4.69) is 32.6 Å². The van der Waals surface area contributed by atoms with Crippen molar-refractivity contribution < 1.29 is 4.42 Å². The molecule has 0 aliphatic heterocycles. The minimum Gasteiger partial charge on any atom is -0.453 e. The lowest BCUT2D eigenvalue weighted by atomic mass is 10.2. The fourth-order valence-corrected chi connectivity index (χ4v) is 3.12. The second-order valence-electron chi connectivity index (χ2n) is 4.96. The maximum Gasteiger partial charge on any atom is 0.197 e. The van der Waals surface area contributed by atoms with E-state index < -0.39 is 0 Å². The molecule has 0 spiro atoms. The molecule has 5 heteroatoms. The van der Waals surface area contributed by atoms with Crippen molar-refractivity contribution in [2.45, 2.75) is 18.8 Å². The molecule has 3 aromatic rings. The molecule has 0 unspecified atom stereocenters. The number of para-hydroxylation sites is 1. The molecule has 3 nitrogen and oxygen atoms in total. The van der Waals surface area contributed by atoms with Crippen LogP contribution in [0.3, 0.4) is 0 Å². The zero-order valence-electron chi connectivity index (χ0n) is 10.4. The number of benzene rings is 1. The largest absolute Gasteiger partial charge is 0.453 e. The van der Waals surface area contributed by atoms with Crippen LogP contribution < -0.4 is 0 Å². The third-order valence-corrected chi connectivity index (χ3v) is 5.10. The molecule has 4 rings (SSSR count). The Labute approximate surface area is 134 Å². The third kappa shape index (κ3) is 2.11. The van der Waals surface area contributed by atoms with Gasteiger partial charge in [0.15, 0.2) is 11.6 Å². The zero-order chi connectivity index (χ0) is 13.7. The highest BCUT2D eigenvalue weighted by atomic mass is 127. The van der Waals surface area contributed by atoms with E-state index in [9.17, 15) is 0 Å². The molecule has 0 amide bonds. The number of nitrogens with zero attached hydrogens (tertiary/aromatic N) is 2. The van der Waals surface area contributed by atoms with Gasteiger partial charge in [0.1, 0.15) is 10.7 Å². The van der Waals surface area contributed by atoms with Crippen molar-refractivity contribution in [1.82, 2.24) is 9.97 Å². The normalized spacial score (nSPS) is 14.9. The number of rotatable bonds is 2.